The standard InChI is InChI=1S/C33H27BrF6N8O2/c1-18-13-24-27(17-45(18)29(49)20-7-12-26(34)25(15-20)32(35,36)37)48-28(21(16-43-48)14-19-5-3-2-4-6-19)46(30(24)50)22-8-10-23(11-9-22)47(42)31(44-41)33(38,39)40/h2-12,15-16,18H,13-14,17,41-42H2,1H3/b44-31-. The highest BCUT2D eigenvalue weighted by Gasteiger charge is 2.40. The number of hydrazone groups is 1. The number of hydrogen-bond acceptors (Lipinski definition) is 6. The van der Waals surface area contributed by atoms with Gasteiger partial charge in [-0.05, 0) is 61.4 Å². The van der Waals surface area contributed by atoms with Gasteiger partial charge in [0.2, 0.25) is 5.84 Å². The third-order valence-electron chi connectivity index (χ3n) is 8.45. The Hall–Kier alpha value is -5.16. The molecule has 10 nitrogen and oxygen atoms in total. The van der Waals surface area contributed by atoms with Crippen molar-refractivity contribution in [3.05, 3.63) is 127 Å². The minimum Gasteiger partial charge on any atom is -0.330 e. The first-order valence-electron chi connectivity index (χ1n) is 15.0. The molecule has 4 N–H and O–H groups in total. The highest BCUT2D eigenvalue weighted by atomic mass is 79.9. The summed E-state index contributed by atoms with van der Waals surface area (Å²) in [4.78, 5) is 29.5. The van der Waals surface area contributed by atoms with E-state index in [1.165, 1.54) is 50.4 Å². The molecule has 50 heavy (non-hydrogen) atoms. The zero-order valence-electron chi connectivity index (χ0n) is 26.0. The van der Waals surface area contributed by atoms with Gasteiger partial charge in [-0.1, -0.05) is 46.3 Å². The van der Waals surface area contributed by atoms with Crippen LogP contribution < -0.4 is 22.3 Å². The number of rotatable bonds is 5. The average molecular weight is 762 g/mol. The number of halogens is 7. The Morgan fingerprint density at radius 3 is 2.34 bits per heavy atom. The van der Waals surface area contributed by atoms with E-state index in [0.717, 1.165) is 11.6 Å². The molecule has 0 bridgehead atoms. The van der Waals surface area contributed by atoms with Gasteiger partial charge in [0, 0.05) is 33.6 Å². The van der Waals surface area contributed by atoms with Crippen LogP contribution >= 0.6 is 15.9 Å². The van der Waals surface area contributed by atoms with Crippen molar-refractivity contribution in [3.63, 3.8) is 0 Å². The lowest BCUT2D eigenvalue weighted by atomic mass is 9.97. The van der Waals surface area contributed by atoms with E-state index in [2.05, 4.69) is 26.1 Å². The molecule has 0 spiro atoms. The van der Waals surface area contributed by atoms with Crippen LogP contribution in [0.25, 0.3) is 11.3 Å². The molecular formula is C33H27BrF6N8O2. The van der Waals surface area contributed by atoms with Crippen molar-refractivity contribution in [2.75, 3.05) is 5.01 Å². The molecule has 0 aliphatic carbocycles. The van der Waals surface area contributed by atoms with Crippen molar-refractivity contribution in [2.24, 2.45) is 16.8 Å². The molecule has 0 radical (unpaired) electrons. The molecule has 0 saturated carbocycles. The first-order valence-corrected chi connectivity index (χ1v) is 15.7. The topological polar surface area (TPSA) is 127 Å². The van der Waals surface area contributed by atoms with Crippen LogP contribution in [0.5, 0.6) is 0 Å². The van der Waals surface area contributed by atoms with Crippen molar-refractivity contribution < 1.29 is 31.1 Å². The van der Waals surface area contributed by atoms with Crippen LogP contribution in [0.3, 0.4) is 0 Å². The van der Waals surface area contributed by atoms with E-state index < -0.39 is 41.3 Å². The third kappa shape index (κ3) is 6.33. The molecule has 1 aliphatic heterocycles. The molecule has 1 atom stereocenters. The predicted molar refractivity (Wildman–Crippen MR) is 177 cm³/mol. The fourth-order valence-electron chi connectivity index (χ4n) is 6.03. The van der Waals surface area contributed by atoms with Crippen LogP contribution in [-0.4, -0.2) is 43.0 Å². The largest absolute Gasteiger partial charge is 0.452 e. The Kier molecular flexibility index (Phi) is 8.98. The van der Waals surface area contributed by atoms with Crippen LogP contribution in [0.1, 0.15) is 45.2 Å². The van der Waals surface area contributed by atoms with E-state index in [1.54, 1.807) is 13.1 Å². The number of anilines is 1. The van der Waals surface area contributed by atoms with Gasteiger partial charge in [0.1, 0.15) is 5.65 Å². The fourth-order valence-corrected chi connectivity index (χ4v) is 6.51. The minimum absolute atomic E-state index is 0.0446. The number of amidine groups is 1. The number of hydrazine groups is 1. The van der Waals surface area contributed by atoms with Crippen molar-refractivity contribution in [2.45, 2.75) is 44.7 Å². The van der Waals surface area contributed by atoms with Gasteiger partial charge in [-0.15, -0.1) is 0 Å². The Morgan fingerprint density at radius 2 is 1.72 bits per heavy atom. The van der Waals surface area contributed by atoms with Crippen LogP contribution in [0.15, 0.2) is 93.4 Å². The van der Waals surface area contributed by atoms with Crippen molar-refractivity contribution in [1.29, 1.82) is 0 Å². The minimum atomic E-state index is -4.93. The van der Waals surface area contributed by atoms with Gasteiger partial charge in [0.05, 0.1) is 35.4 Å². The molecule has 2 aromatic heterocycles. The lowest BCUT2D eigenvalue weighted by molar-refractivity contribution is -0.138. The second kappa shape index (κ2) is 12.9. The van der Waals surface area contributed by atoms with Gasteiger partial charge >= 0.3 is 12.4 Å². The summed E-state index contributed by atoms with van der Waals surface area (Å²) >= 11 is 2.90. The molecule has 6 rings (SSSR count). The average Bonchev–Trinajstić information content (AvgIpc) is 3.47. The smallest absolute Gasteiger partial charge is 0.330 e. The fraction of sp³-hybridized carbons (Fsp3) is 0.212. The molecule has 1 unspecified atom stereocenters. The van der Waals surface area contributed by atoms with E-state index in [-0.39, 0.29) is 39.4 Å². The number of hydrogen-bond donors (Lipinski definition) is 2. The van der Waals surface area contributed by atoms with Gasteiger partial charge in [0.25, 0.3) is 11.5 Å². The molecule has 5 aromatic rings. The van der Waals surface area contributed by atoms with Crippen LogP contribution in [0.4, 0.5) is 32.0 Å². The zero-order valence-corrected chi connectivity index (χ0v) is 27.6. The van der Waals surface area contributed by atoms with Crippen LogP contribution in [-0.2, 0) is 25.6 Å². The summed E-state index contributed by atoms with van der Waals surface area (Å²) in [5.41, 5.74) is 1.09. The quantitative estimate of drug-likeness (QED) is 0.0749. The number of carbonyl (C=O) groups is 1. The van der Waals surface area contributed by atoms with Crippen molar-refractivity contribution in [1.82, 2.24) is 19.1 Å². The highest BCUT2D eigenvalue weighted by Crippen LogP contribution is 2.36. The maximum Gasteiger partial charge on any atom is 0.452 e. The maximum atomic E-state index is 14.4. The number of alkyl halides is 6. The summed E-state index contributed by atoms with van der Waals surface area (Å²) in [5, 5.41) is 7.65. The van der Waals surface area contributed by atoms with E-state index in [1.807, 2.05) is 30.3 Å². The number of aromatic nitrogens is 3. The molecular weight excluding hydrogens is 734 g/mol. The first kappa shape index (κ1) is 34.7. The van der Waals surface area contributed by atoms with Gasteiger partial charge < -0.3 is 10.7 Å². The molecule has 0 saturated heterocycles. The molecule has 0 fully saturated rings. The van der Waals surface area contributed by atoms with Gasteiger partial charge in [-0.25, -0.2) is 10.4 Å². The maximum absolute atomic E-state index is 14.4. The molecule has 1 amide bonds. The van der Waals surface area contributed by atoms with Crippen molar-refractivity contribution in [3.8, 4) is 5.69 Å². The third-order valence-corrected chi connectivity index (χ3v) is 9.14. The molecule has 260 valence electrons. The molecule has 1 aliphatic rings. The van der Waals surface area contributed by atoms with Crippen molar-refractivity contribution >= 4 is 39.0 Å². The summed E-state index contributed by atoms with van der Waals surface area (Å²) in [6.45, 7) is 1.55. The highest BCUT2D eigenvalue weighted by molar-refractivity contribution is 9.10. The van der Waals surface area contributed by atoms with Gasteiger partial charge in [-0.3, -0.25) is 19.2 Å². The summed E-state index contributed by atoms with van der Waals surface area (Å²) in [6.07, 6.45) is -7.66. The van der Waals surface area contributed by atoms with E-state index in [0.29, 0.717) is 28.9 Å². The van der Waals surface area contributed by atoms with E-state index >= 15 is 0 Å². The molecule has 17 heteroatoms. The normalized spacial score (nSPS) is 15.3. The second-order valence-corrected chi connectivity index (χ2v) is 12.5. The van der Waals surface area contributed by atoms with Gasteiger partial charge in [0.15, 0.2) is 0 Å². The Bertz CT molecular complexity index is 2180. The number of nitrogens with zero attached hydrogens (tertiary/aromatic N) is 6. The molecule has 3 heterocycles. The Morgan fingerprint density at radius 1 is 1.04 bits per heavy atom. The van der Waals surface area contributed by atoms with Gasteiger partial charge in [-0.2, -0.15) is 36.5 Å². The molecule has 3 aromatic carbocycles. The SMILES string of the molecule is CC1Cc2c(n3ncc(Cc4ccccc4)c3n(-c3ccc(N(N)/C(=N\N)C(F)(F)F)cc3)c2=O)CN1C(=O)c1ccc(Br)c(C(F)(F)F)c1. The Balaban J connectivity index is 1.47. The summed E-state index contributed by atoms with van der Waals surface area (Å²) in [7, 11) is 0. The summed E-state index contributed by atoms with van der Waals surface area (Å²) < 4.78 is 83.9. The van der Waals surface area contributed by atoms with Crippen LogP contribution in [0.2, 0.25) is 0 Å². The summed E-state index contributed by atoms with van der Waals surface area (Å²) in [6, 6.07) is 17.4. The Labute approximate surface area is 288 Å². The first-order chi connectivity index (χ1) is 23.6. The number of amides is 1. The number of fused-ring (bicyclic) bond motifs is 3. The number of benzene rings is 3. The summed E-state index contributed by atoms with van der Waals surface area (Å²) in [5.74, 6) is 8.45. The lowest BCUT2D eigenvalue weighted by Crippen LogP contribution is -2.47. The van der Waals surface area contributed by atoms with Crippen LogP contribution in [0, 0.1) is 0 Å². The monoisotopic (exact) mass is 760 g/mol. The zero-order chi connectivity index (χ0) is 36.1. The number of nitrogens with two attached hydrogens (primary N) is 2. The second-order valence-electron chi connectivity index (χ2n) is 11.6. The lowest BCUT2D eigenvalue weighted by Gasteiger charge is -2.35. The van der Waals surface area contributed by atoms with E-state index in [9.17, 15) is 35.9 Å². The van der Waals surface area contributed by atoms with E-state index in [4.69, 9.17) is 11.7 Å². The predicted octanol–water partition coefficient (Wildman–Crippen LogP) is 5.96. The number of carbonyl (C=O) groups excluding carboxylic acids is 1.